The van der Waals surface area contributed by atoms with Gasteiger partial charge in [-0.05, 0) is 54.9 Å². The predicted molar refractivity (Wildman–Crippen MR) is 120 cm³/mol. The number of benzene rings is 2. The van der Waals surface area contributed by atoms with Gasteiger partial charge in [-0.15, -0.1) is 0 Å². The summed E-state index contributed by atoms with van der Waals surface area (Å²) in [5.74, 6) is 1.66. The molecule has 1 heterocycles. The Balaban J connectivity index is 1.56. The van der Waals surface area contributed by atoms with Gasteiger partial charge in [-0.1, -0.05) is 26.0 Å². The molecule has 1 amide bonds. The largest absolute Gasteiger partial charge is 0.486 e. The molecule has 0 atom stereocenters. The number of likely N-dealkylation sites (N-methyl/N-ethyl adjacent to an activating group) is 1. The summed E-state index contributed by atoms with van der Waals surface area (Å²) in [5, 5.41) is 6.62. The number of anilines is 2. The van der Waals surface area contributed by atoms with Crippen LogP contribution in [0.25, 0.3) is 0 Å². The van der Waals surface area contributed by atoms with Gasteiger partial charge in [-0.3, -0.25) is 4.79 Å². The zero-order valence-electron chi connectivity index (χ0n) is 17.0. The normalized spacial score (nSPS) is 12.4. The first-order chi connectivity index (χ1) is 14.0. The van der Waals surface area contributed by atoms with Gasteiger partial charge < -0.3 is 25.0 Å². The molecule has 2 aromatic carbocycles. The smallest absolute Gasteiger partial charge is 0.243 e. The van der Waals surface area contributed by atoms with Crippen molar-refractivity contribution in [2.75, 3.05) is 36.9 Å². The number of carbonyl (C=O) groups is 1. The topological polar surface area (TPSA) is 62.8 Å². The molecule has 29 heavy (non-hydrogen) atoms. The van der Waals surface area contributed by atoms with Crippen LogP contribution >= 0.6 is 12.2 Å². The van der Waals surface area contributed by atoms with Crippen LogP contribution in [-0.2, 0) is 4.79 Å². The summed E-state index contributed by atoms with van der Waals surface area (Å²) in [6.07, 6.45) is 0. The number of fused-ring (bicyclic) bond motifs is 1. The molecule has 0 saturated carbocycles. The first kappa shape index (κ1) is 20.9. The fourth-order valence-corrected chi connectivity index (χ4v) is 3.29. The average Bonchev–Trinajstić information content (AvgIpc) is 2.72. The second-order valence-corrected chi connectivity index (χ2v) is 7.51. The number of nitrogens with one attached hydrogen (secondary N) is 2. The van der Waals surface area contributed by atoms with Crippen molar-refractivity contribution < 1.29 is 14.3 Å². The van der Waals surface area contributed by atoms with Crippen LogP contribution < -0.4 is 20.1 Å². The molecule has 7 heteroatoms. The van der Waals surface area contributed by atoms with Crippen LogP contribution in [0.5, 0.6) is 11.5 Å². The summed E-state index contributed by atoms with van der Waals surface area (Å²) in [6.45, 7) is 8.10. The maximum atomic E-state index is 12.5. The van der Waals surface area contributed by atoms with Gasteiger partial charge in [-0.25, -0.2) is 0 Å². The molecule has 2 N–H and O–H groups in total. The Morgan fingerprint density at radius 1 is 1.03 bits per heavy atom. The molecular weight excluding hydrogens is 386 g/mol. The lowest BCUT2D eigenvalue weighted by Crippen LogP contribution is -2.40. The second kappa shape index (κ2) is 9.60. The minimum absolute atomic E-state index is 0.150. The number of rotatable bonds is 6. The minimum atomic E-state index is -0.150. The minimum Gasteiger partial charge on any atom is -0.486 e. The molecule has 0 spiro atoms. The van der Waals surface area contributed by atoms with Gasteiger partial charge >= 0.3 is 0 Å². The first-order valence-electron chi connectivity index (χ1n) is 9.81. The standard InChI is InChI=1S/C22H27N3O3S/c1-4-25(22(29)24-17-7-5-16(6-8-17)15(2)3)14-21(26)23-18-9-10-19-20(13-18)28-12-11-27-19/h5-10,13,15H,4,11-12,14H2,1-3H3,(H,23,26)(H,24,29). The average molecular weight is 414 g/mol. The van der Waals surface area contributed by atoms with Crippen LogP contribution in [-0.4, -0.2) is 42.2 Å². The maximum absolute atomic E-state index is 12.5. The van der Waals surface area contributed by atoms with Crippen molar-refractivity contribution in [2.45, 2.75) is 26.7 Å². The van der Waals surface area contributed by atoms with E-state index in [0.29, 0.717) is 48.0 Å². The fourth-order valence-electron chi connectivity index (χ4n) is 2.98. The van der Waals surface area contributed by atoms with E-state index in [0.717, 1.165) is 5.69 Å². The van der Waals surface area contributed by atoms with Crippen molar-refractivity contribution in [2.24, 2.45) is 0 Å². The molecule has 6 nitrogen and oxygen atoms in total. The summed E-state index contributed by atoms with van der Waals surface area (Å²) in [6, 6.07) is 13.6. The van der Waals surface area contributed by atoms with E-state index in [1.54, 1.807) is 18.2 Å². The van der Waals surface area contributed by atoms with Gasteiger partial charge in [0.05, 0.1) is 6.54 Å². The third kappa shape index (κ3) is 5.60. The zero-order valence-corrected chi connectivity index (χ0v) is 17.8. The number of amides is 1. The Hall–Kier alpha value is -2.80. The van der Waals surface area contributed by atoms with Crippen molar-refractivity contribution in [3.63, 3.8) is 0 Å². The van der Waals surface area contributed by atoms with E-state index in [2.05, 4.69) is 36.6 Å². The summed E-state index contributed by atoms with van der Waals surface area (Å²) in [5.41, 5.74) is 2.84. The van der Waals surface area contributed by atoms with Crippen LogP contribution in [0.2, 0.25) is 0 Å². The van der Waals surface area contributed by atoms with E-state index in [-0.39, 0.29) is 12.5 Å². The quantitative estimate of drug-likeness (QED) is 0.691. The Labute approximate surface area is 177 Å². The van der Waals surface area contributed by atoms with Crippen LogP contribution in [0.15, 0.2) is 42.5 Å². The van der Waals surface area contributed by atoms with Gasteiger partial charge in [0.15, 0.2) is 16.6 Å². The zero-order chi connectivity index (χ0) is 20.8. The highest BCUT2D eigenvalue weighted by Gasteiger charge is 2.15. The second-order valence-electron chi connectivity index (χ2n) is 7.13. The molecule has 0 radical (unpaired) electrons. The van der Waals surface area contributed by atoms with Crippen molar-refractivity contribution in [1.29, 1.82) is 0 Å². The maximum Gasteiger partial charge on any atom is 0.243 e. The van der Waals surface area contributed by atoms with Crippen molar-refractivity contribution in [3.8, 4) is 11.5 Å². The lowest BCUT2D eigenvalue weighted by atomic mass is 10.0. The highest BCUT2D eigenvalue weighted by molar-refractivity contribution is 7.80. The highest BCUT2D eigenvalue weighted by Crippen LogP contribution is 2.32. The Morgan fingerprint density at radius 2 is 1.69 bits per heavy atom. The van der Waals surface area contributed by atoms with Crippen LogP contribution in [0.1, 0.15) is 32.3 Å². The van der Waals surface area contributed by atoms with Gasteiger partial charge in [0.1, 0.15) is 13.2 Å². The molecule has 0 unspecified atom stereocenters. The number of thiocarbonyl (C=S) groups is 1. The molecule has 1 aliphatic rings. The van der Waals surface area contributed by atoms with E-state index in [1.807, 2.05) is 24.0 Å². The molecule has 0 aliphatic carbocycles. The molecule has 2 aromatic rings. The number of ether oxygens (including phenoxy) is 2. The molecule has 3 rings (SSSR count). The summed E-state index contributed by atoms with van der Waals surface area (Å²) in [4.78, 5) is 14.3. The van der Waals surface area contributed by atoms with Crippen molar-refractivity contribution in [1.82, 2.24) is 4.90 Å². The van der Waals surface area contributed by atoms with Crippen LogP contribution in [0.4, 0.5) is 11.4 Å². The Morgan fingerprint density at radius 3 is 2.34 bits per heavy atom. The number of carbonyl (C=O) groups excluding carboxylic acids is 1. The molecule has 0 fully saturated rings. The van der Waals surface area contributed by atoms with E-state index in [1.165, 1.54) is 5.56 Å². The molecular formula is C22H27N3O3S. The monoisotopic (exact) mass is 413 g/mol. The van der Waals surface area contributed by atoms with Gasteiger partial charge in [0.25, 0.3) is 0 Å². The summed E-state index contributed by atoms with van der Waals surface area (Å²) in [7, 11) is 0. The van der Waals surface area contributed by atoms with Gasteiger partial charge in [-0.2, -0.15) is 0 Å². The Kier molecular flexibility index (Phi) is 6.93. The first-order valence-corrected chi connectivity index (χ1v) is 10.2. The third-order valence-electron chi connectivity index (χ3n) is 4.66. The van der Waals surface area contributed by atoms with E-state index < -0.39 is 0 Å². The fraction of sp³-hybridized carbons (Fsp3) is 0.364. The van der Waals surface area contributed by atoms with Crippen molar-refractivity contribution in [3.05, 3.63) is 48.0 Å². The lowest BCUT2D eigenvalue weighted by molar-refractivity contribution is -0.116. The predicted octanol–water partition coefficient (Wildman–Crippen LogP) is 4.24. The molecule has 0 saturated heterocycles. The lowest BCUT2D eigenvalue weighted by Gasteiger charge is -2.24. The van der Waals surface area contributed by atoms with Crippen molar-refractivity contribution >= 4 is 34.6 Å². The number of hydrogen-bond acceptors (Lipinski definition) is 4. The van der Waals surface area contributed by atoms with E-state index >= 15 is 0 Å². The van der Waals surface area contributed by atoms with Crippen LogP contribution in [0.3, 0.4) is 0 Å². The summed E-state index contributed by atoms with van der Waals surface area (Å²) < 4.78 is 11.1. The van der Waals surface area contributed by atoms with E-state index in [9.17, 15) is 4.79 Å². The molecule has 0 aromatic heterocycles. The highest BCUT2D eigenvalue weighted by atomic mass is 32.1. The number of nitrogens with zero attached hydrogens (tertiary/aromatic N) is 1. The number of hydrogen-bond donors (Lipinski definition) is 2. The molecule has 154 valence electrons. The molecule has 1 aliphatic heterocycles. The van der Waals surface area contributed by atoms with Crippen LogP contribution in [0, 0.1) is 0 Å². The van der Waals surface area contributed by atoms with E-state index in [4.69, 9.17) is 21.7 Å². The van der Waals surface area contributed by atoms with Gasteiger partial charge in [0.2, 0.25) is 5.91 Å². The third-order valence-corrected chi connectivity index (χ3v) is 5.02. The molecule has 0 bridgehead atoms. The summed E-state index contributed by atoms with van der Waals surface area (Å²) >= 11 is 5.50. The SMILES string of the molecule is CCN(CC(=O)Nc1ccc2c(c1)OCCO2)C(=S)Nc1ccc(C(C)C)cc1. The van der Waals surface area contributed by atoms with Gasteiger partial charge in [0, 0.05) is 24.0 Å². The Bertz CT molecular complexity index is 868.